The number of fused-ring (bicyclic) bond motifs is 3. The van der Waals surface area contributed by atoms with Crippen LogP contribution in [0.4, 0.5) is 0 Å². The molecule has 4 fully saturated rings. The van der Waals surface area contributed by atoms with Crippen LogP contribution in [0.1, 0.15) is 79.6 Å². The molecule has 0 aromatic heterocycles. The van der Waals surface area contributed by atoms with Gasteiger partial charge in [0.1, 0.15) is 12.2 Å². The van der Waals surface area contributed by atoms with Crippen molar-refractivity contribution in [3.63, 3.8) is 0 Å². The van der Waals surface area contributed by atoms with E-state index >= 15 is 0 Å². The van der Waals surface area contributed by atoms with Crippen molar-refractivity contribution in [1.82, 2.24) is 0 Å². The summed E-state index contributed by atoms with van der Waals surface area (Å²) in [6.45, 7) is 13.4. The zero-order valence-electron chi connectivity index (χ0n) is 20.6. The fourth-order valence-electron chi connectivity index (χ4n) is 8.34. The second-order valence-electron chi connectivity index (χ2n) is 11.4. The molecule has 0 heterocycles. The van der Waals surface area contributed by atoms with Crippen LogP contribution in [0.3, 0.4) is 0 Å². The van der Waals surface area contributed by atoms with Crippen molar-refractivity contribution in [3.05, 3.63) is 23.8 Å². The van der Waals surface area contributed by atoms with Crippen LogP contribution < -0.4 is 0 Å². The van der Waals surface area contributed by atoms with E-state index in [9.17, 15) is 19.5 Å². The summed E-state index contributed by atoms with van der Waals surface area (Å²) in [6.07, 6.45) is 6.21. The van der Waals surface area contributed by atoms with Gasteiger partial charge in [-0.1, -0.05) is 26.0 Å². The lowest BCUT2D eigenvalue weighted by molar-refractivity contribution is -0.236. The highest BCUT2D eigenvalue weighted by atomic mass is 16.6. The molecule has 0 aromatic rings. The summed E-state index contributed by atoms with van der Waals surface area (Å²) in [4.78, 5) is 37.7. The zero-order chi connectivity index (χ0) is 24.3. The molecule has 1 spiro atoms. The molecule has 0 saturated heterocycles. The van der Waals surface area contributed by atoms with E-state index < -0.39 is 29.0 Å². The largest absolute Gasteiger partial charge is 0.481 e. The first-order valence-electron chi connectivity index (χ1n) is 12.3. The lowest BCUT2D eigenvalue weighted by Crippen LogP contribution is -2.66. The first kappa shape index (κ1) is 24.0. The van der Waals surface area contributed by atoms with Crippen LogP contribution in [0, 0.1) is 34.0 Å². The molecular weight excluding hydrogens is 420 g/mol. The maximum Gasteiger partial charge on any atom is 0.333 e. The van der Waals surface area contributed by atoms with Gasteiger partial charge in [0, 0.05) is 12.5 Å². The third-order valence-electron chi connectivity index (χ3n) is 10.0. The van der Waals surface area contributed by atoms with Gasteiger partial charge in [-0.15, -0.1) is 0 Å². The normalized spacial score (nSPS) is 44.5. The van der Waals surface area contributed by atoms with Crippen LogP contribution in [-0.4, -0.2) is 35.2 Å². The van der Waals surface area contributed by atoms with Crippen LogP contribution in [-0.2, 0) is 23.9 Å². The fraction of sp³-hybridized carbons (Fsp3) is 0.741. The number of carbonyl (C=O) groups is 3. The van der Waals surface area contributed by atoms with Crippen LogP contribution in [0.2, 0.25) is 0 Å². The number of rotatable bonds is 4. The van der Waals surface area contributed by atoms with Gasteiger partial charge in [0.05, 0.1) is 10.8 Å². The molecule has 8 unspecified atom stereocenters. The van der Waals surface area contributed by atoms with E-state index in [0.29, 0.717) is 18.4 Å². The SMILES string of the molecule is C=C1C2CCC3C4(C)CCCC(C)(C(=O)O)C4CC(OC(=O)C(C)=CC)C3(C2)C1OC(C)=O. The Hall–Kier alpha value is -2.11. The monoisotopic (exact) mass is 458 g/mol. The van der Waals surface area contributed by atoms with Crippen molar-refractivity contribution < 1.29 is 29.0 Å². The van der Waals surface area contributed by atoms with Crippen LogP contribution >= 0.6 is 0 Å². The van der Waals surface area contributed by atoms with Crippen molar-refractivity contribution in [2.75, 3.05) is 0 Å². The minimum atomic E-state index is -0.877. The Morgan fingerprint density at radius 1 is 1.09 bits per heavy atom. The highest BCUT2D eigenvalue weighted by Crippen LogP contribution is 2.73. The molecule has 6 heteroatoms. The van der Waals surface area contributed by atoms with Gasteiger partial charge in [0.25, 0.3) is 0 Å². The van der Waals surface area contributed by atoms with Gasteiger partial charge in [-0.25, -0.2) is 4.79 Å². The number of carbonyl (C=O) groups excluding carboxylic acids is 2. The number of esters is 2. The van der Waals surface area contributed by atoms with Crippen LogP contribution in [0.5, 0.6) is 0 Å². The minimum absolute atomic E-state index is 0.0892. The van der Waals surface area contributed by atoms with Gasteiger partial charge in [-0.2, -0.15) is 0 Å². The number of hydrogen-bond donors (Lipinski definition) is 1. The molecular formula is C27H38O6. The second kappa shape index (κ2) is 7.99. The van der Waals surface area contributed by atoms with E-state index in [-0.39, 0.29) is 35.1 Å². The number of allylic oxidation sites excluding steroid dienone is 1. The summed E-state index contributed by atoms with van der Waals surface area (Å²) < 4.78 is 12.2. The molecule has 8 atom stereocenters. The van der Waals surface area contributed by atoms with E-state index in [1.54, 1.807) is 19.9 Å². The first-order chi connectivity index (χ1) is 15.4. The Labute approximate surface area is 196 Å². The molecule has 6 nitrogen and oxygen atoms in total. The average Bonchev–Trinajstić information content (AvgIpc) is 2.95. The Morgan fingerprint density at radius 3 is 2.39 bits per heavy atom. The standard InChI is InChI=1S/C27H38O6/c1-7-15(2)23(29)33-21-13-20-25(5,11-8-12-26(20,6)24(30)31)19-10-9-18-14-27(19,21)22(16(18)3)32-17(4)28/h7,18-22H,3,8-14H2,1-2,4-6H3,(H,30,31). The highest BCUT2D eigenvalue weighted by molar-refractivity contribution is 5.87. The number of carboxylic acids is 1. The lowest BCUT2D eigenvalue weighted by atomic mass is 9.40. The Morgan fingerprint density at radius 2 is 1.79 bits per heavy atom. The Balaban J connectivity index is 1.87. The van der Waals surface area contributed by atoms with E-state index in [1.807, 2.05) is 6.92 Å². The number of carboxylic acid groups (broad SMARTS) is 1. The third-order valence-corrected chi connectivity index (χ3v) is 10.0. The fourth-order valence-corrected chi connectivity index (χ4v) is 8.34. The minimum Gasteiger partial charge on any atom is -0.481 e. The van der Waals surface area contributed by atoms with Crippen molar-refractivity contribution in [3.8, 4) is 0 Å². The number of hydrogen-bond acceptors (Lipinski definition) is 5. The lowest BCUT2D eigenvalue weighted by Gasteiger charge is -2.65. The molecule has 4 rings (SSSR count). The van der Waals surface area contributed by atoms with Crippen LogP contribution in [0.15, 0.2) is 23.8 Å². The summed E-state index contributed by atoms with van der Waals surface area (Å²) >= 11 is 0. The van der Waals surface area contributed by atoms with E-state index in [4.69, 9.17) is 9.47 Å². The number of ether oxygens (including phenoxy) is 2. The quantitative estimate of drug-likeness (QED) is 0.359. The van der Waals surface area contributed by atoms with Crippen molar-refractivity contribution in [2.24, 2.45) is 34.0 Å². The maximum atomic E-state index is 13.0. The summed E-state index contributed by atoms with van der Waals surface area (Å²) in [7, 11) is 0. The van der Waals surface area contributed by atoms with Crippen molar-refractivity contribution in [1.29, 1.82) is 0 Å². The maximum absolute atomic E-state index is 13.0. The van der Waals surface area contributed by atoms with Gasteiger partial charge in [-0.3, -0.25) is 9.59 Å². The van der Waals surface area contributed by atoms with Gasteiger partial charge < -0.3 is 14.6 Å². The number of aliphatic carboxylic acids is 1. The molecule has 4 aliphatic rings. The highest BCUT2D eigenvalue weighted by Gasteiger charge is 2.73. The predicted octanol–water partition coefficient (Wildman–Crippen LogP) is 5.07. The molecule has 182 valence electrons. The Kier molecular flexibility index (Phi) is 5.82. The van der Waals surface area contributed by atoms with Gasteiger partial charge in [0.15, 0.2) is 0 Å². The molecule has 0 amide bonds. The molecule has 33 heavy (non-hydrogen) atoms. The molecule has 0 aliphatic heterocycles. The smallest absolute Gasteiger partial charge is 0.333 e. The van der Waals surface area contributed by atoms with Gasteiger partial charge in [-0.05, 0) is 88.0 Å². The van der Waals surface area contributed by atoms with Gasteiger partial charge >= 0.3 is 17.9 Å². The Bertz CT molecular complexity index is 920. The third kappa shape index (κ3) is 3.30. The summed E-state index contributed by atoms with van der Waals surface area (Å²) in [6, 6.07) is 0. The van der Waals surface area contributed by atoms with E-state index in [1.165, 1.54) is 6.92 Å². The summed E-state index contributed by atoms with van der Waals surface area (Å²) in [5, 5.41) is 10.3. The van der Waals surface area contributed by atoms with Crippen molar-refractivity contribution in [2.45, 2.75) is 91.8 Å². The zero-order valence-corrected chi connectivity index (χ0v) is 20.6. The van der Waals surface area contributed by atoms with E-state index in [0.717, 1.165) is 37.7 Å². The molecule has 0 radical (unpaired) electrons. The van der Waals surface area contributed by atoms with Gasteiger partial charge in [0.2, 0.25) is 0 Å². The van der Waals surface area contributed by atoms with E-state index in [2.05, 4.69) is 13.5 Å². The second-order valence-corrected chi connectivity index (χ2v) is 11.4. The molecule has 4 saturated carbocycles. The predicted molar refractivity (Wildman–Crippen MR) is 123 cm³/mol. The van der Waals surface area contributed by atoms with Crippen LogP contribution in [0.25, 0.3) is 0 Å². The van der Waals surface area contributed by atoms with Crippen molar-refractivity contribution >= 4 is 17.9 Å². The molecule has 4 aliphatic carbocycles. The summed E-state index contributed by atoms with van der Waals surface area (Å²) in [5.41, 5.74) is -0.224. The molecule has 2 bridgehead atoms. The molecule has 1 N–H and O–H groups in total. The average molecular weight is 459 g/mol. The molecule has 0 aromatic carbocycles. The topological polar surface area (TPSA) is 89.9 Å². The summed E-state index contributed by atoms with van der Waals surface area (Å²) in [5.74, 6) is -1.32. The first-order valence-corrected chi connectivity index (χ1v) is 12.3.